The molecule has 1 amide bonds. The molecule has 0 saturated carbocycles. The summed E-state index contributed by atoms with van der Waals surface area (Å²) in [5, 5.41) is 0. The number of hydrogen-bond donors (Lipinski definition) is 0. The Morgan fingerprint density at radius 2 is 2.00 bits per heavy atom. The van der Waals surface area contributed by atoms with Crippen molar-refractivity contribution in [2.45, 2.75) is 44.9 Å². The highest BCUT2D eigenvalue weighted by molar-refractivity contribution is 6.07. The van der Waals surface area contributed by atoms with Gasteiger partial charge in [0.25, 0.3) is 0 Å². The Kier molecular flexibility index (Phi) is 3.74. The van der Waals surface area contributed by atoms with Crippen molar-refractivity contribution in [1.82, 2.24) is 0 Å². The predicted octanol–water partition coefficient (Wildman–Crippen LogP) is 2.85. The fourth-order valence-electron chi connectivity index (χ4n) is 2.73. The Morgan fingerprint density at radius 1 is 1.26 bits per heavy atom. The van der Waals surface area contributed by atoms with Gasteiger partial charge in [-0.05, 0) is 50.3 Å². The fraction of sp³-hybridized carbons (Fsp3) is 0.500. The molecule has 1 aromatic carbocycles. The number of rotatable bonds is 5. The summed E-state index contributed by atoms with van der Waals surface area (Å²) in [5.74, 6) is 0.153. The maximum Gasteiger partial charge on any atom is 0.236 e. The van der Waals surface area contributed by atoms with Crippen molar-refractivity contribution in [2.24, 2.45) is 0 Å². The SMILES string of the molecule is CN1C(=O)C(C)(C)c2cc(CCCCC=O)ccc21. The predicted molar refractivity (Wildman–Crippen MR) is 76.5 cm³/mol. The minimum absolute atomic E-state index is 0.153. The van der Waals surface area contributed by atoms with Crippen LogP contribution in [0.5, 0.6) is 0 Å². The lowest BCUT2D eigenvalue weighted by molar-refractivity contribution is -0.121. The second-order valence-corrected chi connectivity index (χ2v) is 5.75. The monoisotopic (exact) mass is 259 g/mol. The lowest BCUT2D eigenvalue weighted by Gasteiger charge is -2.16. The molecule has 0 aromatic heterocycles. The number of carbonyl (C=O) groups is 2. The van der Waals surface area contributed by atoms with Crippen molar-refractivity contribution >= 4 is 17.9 Å². The Bertz CT molecular complexity index is 505. The Balaban J connectivity index is 2.18. The van der Waals surface area contributed by atoms with Crippen LogP contribution in [-0.4, -0.2) is 19.2 Å². The Morgan fingerprint density at radius 3 is 2.68 bits per heavy atom. The number of likely N-dealkylation sites (N-methyl/N-ethyl adjacent to an activating group) is 1. The number of amides is 1. The minimum Gasteiger partial charge on any atom is -0.314 e. The van der Waals surface area contributed by atoms with E-state index in [-0.39, 0.29) is 5.91 Å². The maximum atomic E-state index is 12.2. The number of unbranched alkanes of at least 4 members (excludes halogenated alkanes) is 2. The van der Waals surface area contributed by atoms with Crippen LogP contribution in [0.25, 0.3) is 0 Å². The molecular formula is C16H21NO2. The zero-order valence-electron chi connectivity index (χ0n) is 11.9. The molecule has 0 N–H and O–H groups in total. The first kappa shape index (κ1) is 13.8. The number of nitrogens with zero attached hydrogens (tertiary/aromatic N) is 1. The van der Waals surface area contributed by atoms with Crippen molar-refractivity contribution in [3.05, 3.63) is 29.3 Å². The van der Waals surface area contributed by atoms with Crippen molar-refractivity contribution < 1.29 is 9.59 Å². The summed E-state index contributed by atoms with van der Waals surface area (Å²) >= 11 is 0. The van der Waals surface area contributed by atoms with Crippen molar-refractivity contribution in [3.8, 4) is 0 Å². The smallest absolute Gasteiger partial charge is 0.236 e. The zero-order valence-corrected chi connectivity index (χ0v) is 11.9. The highest BCUT2D eigenvalue weighted by atomic mass is 16.2. The van der Waals surface area contributed by atoms with Gasteiger partial charge in [-0.3, -0.25) is 4.79 Å². The first-order valence-electron chi connectivity index (χ1n) is 6.83. The van der Waals surface area contributed by atoms with Crippen molar-refractivity contribution in [3.63, 3.8) is 0 Å². The van der Waals surface area contributed by atoms with Gasteiger partial charge in [0.1, 0.15) is 6.29 Å². The van der Waals surface area contributed by atoms with E-state index in [1.807, 2.05) is 27.0 Å². The molecule has 1 aliphatic rings. The van der Waals surface area contributed by atoms with Gasteiger partial charge in [-0.1, -0.05) is 12.1 Å². The van der Waals surface area contributed by atoms with Crippen LogP contribution < -0.4 is 4.90 Å². The average Bonchev–Trinajstić information content (AvgIpc) is 2.57. The number of fused-ring (bicyclic) bond motifs is 1. The molecule has 102 valence electrons. The van der Waals surface area contributed by atoms with E-state index >= 15 is 0 Å². The summed E-state index contributed by atoms with van der Waals surface area (Å²) in [7, 11) is 1.83. The number of hydrogen-bond acceptors (Lipinski definition) is 2. The summed E-state index contributed by atoms with van der Waals surface area (Å²) in [5.41, 5.74) is 2.96. The molecule has 0 aliphatic carbocycles. The van der Waals surface area contributed by atoms with Gasteiger partial charge in [0.2, 0.25) is 5.91 Å². The molecule has 1 aliphatic heterocycles. The van der Waals surface area contributed by atoms with Gasteiger partial charge in [-0.15, -0.1) is 0 Å². The van der Waals surface area contributed by atoms with Gasteiger partial charge >= 0.3 is 0 Å². The van der Waals surface area contributed by atoms with Crippen molar-refractivity contribution in [2.75, 3.05) is 11.9 Å². The summed E-state index contributed by atoms with van der Waals surface area (Å²) in [6, 6.07) is 6.28. The van der Waals surface area contributed by atoms with E-state index in [0.717, 1.165) is 36.8 Å². The standard InChI is InChI=1S/C16H21NO2/c1-16(2)13-11-12(7-5-4-6-10-18)8-9-14(13)17(3)15(16)19/h8-11H,4-7H2,1-3H3. The first-order valence-corrected chi connectivity index (χ1v) is 6.83. The van der Waals surface area contributed by atoms with E-state index in [1.165, 1.54) is 5.56 Å². The third-order valence-electron chi connectivity index (χ3n) is 3.97. The number of carbonyl (C=O) groups excluding carboxylic acids is 2. The molecule has 0 spiro atoms. The third-order valence-corrected chi connectivity index (χ3v) is 3.97. The van der Waals surface area contributed by atoms with E-state index in [2.05, 4.69) is 12.1 Å². The van der Waals surface area contributed by atoms with Gasteiger partial charge in [0, 0.05) is 19.2 Å². The van der Waals surface area contributed by atoms with Gasteiger partial charge < -0.3 is 9.69 Å². The third kappa shape index (κ3) is 2.42. The lowest BCUT2D eigenvalue weighted by Crippen LogP contribution is -2.33. The highest BCUT2D eigenvalue weighted by Gasteiger charge is 2.41. The van der Waals surface area contributed by atoms with E-state index in [1.54, 1.807) is 4.90 Å². The number of aldehydes is 1. The molecule has 0 unspecified atom stereocenters. The molecule has 1 aromatic rings. The topological polar surface area (TPSA) is 37.4 Å². The molecular weight excluding hydrogens is 238 g/mol. The first-order chi connectivity index (χ1) is 8.98. The molecule has 0 saturated heterocycles. The molecule has 3 heteroatoms. The summed E-state index contributed by atoms with van der Waals surface area (Å²) in [6.07, 6.45) is 4.52. The van der Waals surface area contributed by atoms with Gasteiger partial charge in [0.15, 0.2) is 0 Å². The van der Waals surface area contributed by atoms with Crippen LogP contribution in [-0.2, 0) is 21.4 Å². The van der Waals surface area contributed by atoms with Crippen LogP contribution in [0.15, 0.2) is 18.2 Å². The molecule has 0 bridgehead atoms. The molecule has 0 radical (unpaired) electrons. The molecule has 0 atom stereocenters. The van der Waals surface area contributed by atoms with Gasteiger partial charge in [0.05, 0.1) is 5.41 Å². The normalized spacial score (nSPS) is 16.6. The largest absolute Gasteiger partial charge is 0.314 e. The maximum absolute atomic E-state index is 12.2. The second-order valence-electron chi connectivity index (χ2n) is 5.75. The fourth-order valence-corrected chi connectivity index (χ4v) is 2.73. The summed E-state index contributed by atoms with van der Waals surface area (Å²) in [6.45, 7) is 3.96. The van der Waals surface area contributed by atoms with Crippen LogP contribution in [0.1, 0.15) is 44.2 Å². The Labute approximate surface area is 114 Å². The van der Waals surface area contributed by atoms with E-state index in [9.17, 15) is 9.59 Å². The number of aryl methyl sites for hydroxylation is 1. The van der Waals surface area contributed by atoms with E-state index in [0.29, 0.717) is 6.42 Å². The average molecular weight is 259 g/mol. The van der Waals surface area contributed by atoms with Crippen LogP contribution >= 0.6 is 0 Å². The van der Waals surface area contributed by atoms with Crippen molar-refractivity contribution in [1.29, 1.82) is 0 Å². The molecule has 2 rings (SSSR count). The van der Waals surface area contributed by atoms with Crippen LogP contribution in [0.3, 0.4) is 0 Å². The summed E-state index contributed by atoms with van der Waals surface area (Å²) < 4.78 is 0. The lowest BCUT2D eigenvalue weighted by atomic mass is 9.85. The summed E-state index contributed by atoms with van der Waals surface area (Å²) in [4.78, 5) is 24.2. The highest BCUT2D eigenvalue weighted by Crippen LogP contribution is 2.41. The van der Waals surface area contributed by atoms with Crippen LogP contribution in [0, 0.1) is 0 Å². The molecule has 1 heterocycles. The van der Waals surface area contributed by atoms with Gasteiger partial charge in [-0.25, -0.2) is 0 Å². The van der Waals surface area contributed by atoms with Crippen LogP contribution in [0.2, 0.25) is 0 Å². The number of anilines is 1. The molecule has 19 heavy (non-hydrogen) atoms. The van der Waals surface area contributed by atoms with Gasteiger partial charge in [-0.2, -0.15) is 0 Å². The zero-order chi connectivity index (χ0) is 14.0. The second kappa shape index (κ2) is 5.16. The number of benzene rings is 1. The van der Waals surface area contributed by atoms with E-state index in [4.69, 9.17) is 0 Å². The molecule has 3 nitrogen and oxygen atoms in total. The van der Waals surface area contributed by atoms with E-state index < -0.39 is 5.41 Å². The van der Waals surface area contributed by atoms with Crippen LogP contribution in [0.4, 0.5) is 5.69 Å². The molecule has 0 fully saturated rings. The minimum atomic E-state index is -0.428. The quantitative estimate of drug-likeness (QED) is 0.602. The Hall–Kier alpha value is -1.64.